The van der Waals surface area contributed by atoms with Gasteiger partial charge in [-0.05, 0) is 30.7 Å². The SMILES string of the molecule is COc1ccc(CN2CCC(C(=O)O)C3(C2)OCCO3)cc1. The molecule has 2 aliphatic heterocycles. The van der Waals surface area contributed by atoms with Gasteiger partial charge in [-0.3, -0.25) is 9.69 Å². The molecule has 1 N–H and O–H groups in total. The quantitative estimate of drug-likeness (QED) is 0.905. The van der Waals surface area contributed by atoms with Crippen LogP contribution in [0.15, 0.2) is 24.3 Å². The van der Waals surface area contributed by atoms with E-state index in [1.807, 2.05) is 24.3 Å². The van der Waals surface area contributed by atoms with E-state index in [-0.39, 0.29) is 0 Å². The Kier molecular flexibility index (Phi) is 4.33. The van der Waals surface area contributed by atoms with Crippen LogP contribution in [0.1, 0.15) is 12.0 Å². The van der Waals surface area contributed by atoms with Crippen molar-refractivity contribution in [3.8, 4) is 5.75 Å². The molecule has 1 aromatic rings. The maximum absolute atomic E-state index is 11.5. The van der Waals surface area contributed by atoms with Crippen LogP contribution >= 0.6 is 0 Å². The first-order chi connectivity index (χ1) is 10.6. The Hall–Kier alpha value is -1.63. The Morgan fingerprint density at radius 1 is 1.36 bits per heavy atom. The summed E-state index contributed by atoms with van der Waals surface area (Å²) in [4.78, 5) is 13.6. The number of hydrogen-bond acceptors (Lipinski definition) is 5. The Morgan fingerprint density at radius 2 is 2.05 bits per heavy atom. The van der Waals surface area contributed by atoms with E-state index >= 15 is 0 Å². The van der Waals surface area contributed by atoms with Crippen molar-refractivity contribution in [2.45, 2.75) is 18.8 Å². The molecule has 0 radical (unpaired) electrons. The van der Waals surface area contributed by atoms with Crippen molar-refractivity contribution in [3.05, 3.63) is 29.8 Å². The minimum absolute atomic E-state index is 0.458. The summed E-state index contributed by atoms with van der Waals surface area (Å²) < 4.78 is 16.5. The zero-order valence-corrected chi connectivity index (χ0v) is 12.7. The number of likely N-dealkylation sites (tertiary alicyclic amines) is 1. The third-order valence-electron chi connectivity index (χ3n) is 4.35. The lowest BCUT2D eigenvalue weighted by molar-refractivity contribution is -0.229. The number of nitrogens with zero attached hydrogens (tertiary/aromatic N) is 1. The predicted molar refractivity (Wildman–Crippen MR) is 78.6 cm³/mol. The lowest BCUT2D eigenvalue weighted by Crippen LogP contribution is -2.56. The molecule has 0 saturated carbocycles. The van der Waals surface area contributed by atoms with E-state index in [9.17, 15) is 9.90 Å². The zero-order chi connectivity index (χ0) is 15.6. The van der Waals surface area contributed by atoms with Crippen LogP contribution in [-0.2, 0) is 20.8 Å². The second kappa shape index (κ2) is 6.24. The van der Waals surface area contributed by atoms with E-state index in [0.717, 1.165) is 24.4 Å². The molecular formula is C16H21NO5. The molecule has 2 aliphatic rings. The topological polar surface area (TPSA) is 68.2 Å². The summed E-state index contributed by atoms with van der Waals surface area (Å²) in [5.41, 5.74) is 1.16. The fourth-order valence-corrected chi connectivity index (χ4v) is 3.23. The van der Waals surface area contributed by atoms with Gasteiger partial charge in [0.1, 0.15) is 11.7 Å². The molecule has 1 atom stereocenters. The molecule has 0 aromatic heterocycles. The third-order valence-corrected chi connectivity index (χ3v) is 4.35. The highest BCUT2D eigenvalue weighted by Crippen LogP contribution is 2.36. The van der Waals surface area contributed by atoms with Crippen LogP contribution in [0.25, 0.3) is 0 Å². The first-order valence-corrected chi connectivity index (χ1v) is 7.49. The van der Waals surface area contributed by atoms with E-state index in [2.05, 4.69) is 4.90 Å². The van der Waals surface area contributed by atoms with Gasteiger partial charge in [0.2, 0.25) is 0 Å². The van der Waals surface area contributed by atoms with Crippen molar-refractivity contribution in [2.24, 2.45) is 5.92 Å². The van der Waals surface area contributed by atoms with Gasteiger partial charge < -0.3 is 19.3 Å². The molecule has 1 spiro atoms. The summed E-state index contributed by atoms with van der Waals surface area (Å²) >= 11 is 0. The van der Waals surface area contributed by atoms with Gasteiger partial charge in [-0.1, -0.05) is 12.1 Å². The van der Waals surface area contributed by atoms with Gasteiger partial charge >= 0.3 is 5.97 Å². The normalized spacial score (nSPS) is 24.5. The summed E-state index contributed by atoms with van der Waals surface area (Å²) in [5.74, 6) is -1.60. The molecule has 120 valence electrons. The van der Waals surface area contributed by atoms with Gasteiger partial charge in [0.15, 0.2) is 5.79 Å². The van der Waals surface area contributed by atoms with E-state index in [4.69, 9.17) is 14.2 Å². The molecule has 1 unspecified atom stereocenters. The Bertz CT molecular complexity index is 524. The van der Waals surface area contributed by atoms with Crippen molar-refractivity contribution < 1.29 is 24.1 Å². The first-order valence-electron chi connectivity index (χ1n) is 7.49. The van der Waals surface area contributed by atoms with Gasteiger partial charge in [-0.2, -0.15) is 0 Å². The number of benzene rings is 1. The number of carboxylic acids is 1. The fourth-order valence-electron chi connectivity index (χ4n) is 3.23. The second-order valence-corrected chi connectivity index (χ2v) is 5.75. The zero-order valence-electron chi connectivity index (χ0n) is 12.7. The molecule has 6 nitrogen and oxygen atoms in total. The molecule has 22 heavy (non-hydrogen) atoms. The van der Waals surface area contributed by atoms with Crippen LogP contribution in [0.4, 0.5) is 0 Å². The Labute approximate surface area is 129 Å². The lowest BCUT2D eigenvalue weighted by atomic mass is 9.90. The largest absolute Gasteiger partial charge is 0.497 e. The smallest absolute Gasteiger partial charge is 0.312 e. The predicted octanol–water partition coefficient (Wildman–Crippen LogP) is 1.34. The minimum Gasteiger partial charge on any atom is -0.497 e. The average molecular weight is 307 g/mol. The monoisotopic (exact) mass is 307 g/mol. The molecule has 0 amide bonds. The van der Waals surface area contributed by atoms with Crippen LogP contribution in [0.2, 0.25) is 0 Å². The molecule has 3 rings (SSSR count). The summed E-state index contributed by atoms with van der Waals surface area (Å²) in [6.07, 6.45) is 0.533. The summed E-state index contributed by atoms with van der Waals surface area (Å²) in [5, 5.41) is 9.41. The molecule has 6 heteroatoms. The number of carbonyl (C=O) groups is 1. The van der Waals surface area contributed by atoms with Gasteiger partial charge in [-0.25, -0.2) is 0 Å². The number of rotatable bonds is 4. The summed E-state index contributed by atoms with van der Waals surface area (Å²) in [6.45, 7) is 2.86. The first kappa shape index (κ1) is 15.3. The summed E-state index contributed by atoms with van der Waals surface area (Å²) in [6, 6.07) is 7.89. The van der Waals surface area contributed by atoms with E-state index in [0.29, 0.717) is 26.2 Å². The lowest BCUT2D eigenvalue weighted by Gasteiger charge is -2.42. The third kappa shape index (κ3) is 2.95. The van der Waals surface area contributed by atoms with Crippen LogP contribution in [0, 0.1) is 5.92 Å². The highest BCUT2D eigenvalue weighted by molar-refractivity contribution is 5.71. The average Bonchev–Trinajstić information content (AvgIpc) is 2.96. The Morgan fingerprint density at radius 3 is 2.64 bits per heavy atom. The number of ether oxygens (including phenoxy) is 3. The van der Waals surface area contributed by atoms with Gasteiger partial charge in [-0.15, -0.1) is 0 Å². The molecule has 2 heterocycles. The van der Waals surface area contributed by atoms with Crippen LogP contribution in [-0.4, -0.2) is 55.2 Å². The molecule has 2 fully saturated rings. The number of methoxy groups -OCH3 is 1. The van der Waals surface area contributed by atoms with Crippen LogP contribution < -0.4 is 4.74 Å². The number of aliphatic carboxylic acids is 1. The van der Waals surface area contributed by atoms with E-state index < -0.39 is 17.7 Å². The number of carboxylic acid groups (broad SMARTS) is 1. The standard InChI is InChI=1S/C16H21NO5/c1-20-13-4-2-12(3-5-13)10-17-7-6-14(15(18)19)16(11-17)21-8-9-22-16/h2-5,14H,6-11H2,1H3,(H,18,19). The summed E-state index contributed by atoms with van der Waals surface area (Å²) in [7, 11) is 1.64. The number of piperidine rings is 1. The van der Waals surface area contributed by atoms with Crippen LogP contribution in [0.5, 0.6) is 5.75 Å². The highest BCUT2D eigenvalue weighted by Gasteiger charge is 2.51. The van der Waals surface area contributed by atoms with Gasteiger partial charge in [0, 0.05) is 6.54 Å². The second-order valence-electron chi connectivity index (χ2n) is 5.75. The number of hydrogen-bond donors (Lipinski definition) is 1. The van der Waals surface area contributed by atoms with Crippen molar-refractivity contribution in [1.29, 1.82) is 0 Å². The van der Waals surface area contributed by atoms with Crippen molar-refractivity contribution in [3.63, 3.8) is 0 Å². The minimum atomic E-state index is -0.990. The molecular weight excluding hydrogens is 286 g/mol. The Balaban J connectivity index is 1.69. The van der Waals surface area contributed by atoms with E-state index in [1.54, 1.807) is 7.11 Å². The highest BCUT2D eigenvalue weighted by atomic mass is 16.7. The van der Waals surface area contributed by atoms with Crippen LogP contribution in [0.3, 0.4) is 0 Å². The molecule has 2 saturated heterocycles. The molecule has 0 aliphatic carbocycles. The molecule has 0 bridgehead atoms. The maximum Gasteiger partial charge on any atom is 0.312 e. The van der Waals surface area contributed by atoms with Gasteiger partial charge in [0.05, 0.1) is 26.9 Å². The van der Waals surface area contributed by atoms with Crippen molar-refractivity contribution in [2.75, 3.05) is 33.4 Å². The van der Waals surface area contributed by atoms with E-state index in [1.165, 1.54) is 0 Å². The van der Waals surface area contributed by atoms with Gasteiger partial charge in [0.25, 0.3) is 0 Å². The molecule has 1 aromatic carbocycles. The fraction of sp³-hybridized carbons (Fsp3) is 0.562. The van der Waals surface area contributed by atoms with Crippen molar-refractivity contribution >= 4 is 5.97 Å². The van der Waals surface area contributed by atoms with Crippen molar-refractivity contribution in [1.82, 2.24) is 4.90 Å². The maximum atomic E-state index is 11.5.